The molecule has 0 bridgehead atoms. The number of hydrogen-bond donors (Lipinski definition) is 2. The summed E-state index contributed by atoms with van der Waals surface area (Å²) in [6, 6.07) is 0. The Hall–Kier alpha value is -0.390. The van der Waals surface area contributed by atoms with Gasteiger partial charge in [0.2, 0.25) is 0 Å². The second-order valence-corrected chi connectivity index (χ2v) is 6.16. The summed E-state index contributed by atoms with van der Waals surface area (Å²) in [5.74, 6) is 0. The van der Waals surface area contributed by atoms with E-state index in [-0.39, 0.29) is 6.15 Å². The molecule has 0 unspecified atom stereocenters. The van der Waals surface area contributed by atoms with Crippen LogP contribution in [-0.4, -0.2) is 13.0 Å². The second-order valence-electron chi connectivity index (χ2n) is 4.86. The zero-order valence-corrected chi connectivity index (χ0v) is 13.1. The highest BCUT2D eigenvalue weighted by Crippen LogP contribution is 2.11. The van der Waals surface area contributed by atoms with Gasteiger partial charge in [-0.05, 0) is 12.8 Å². The zero-order valence-electron chi connectivity index (χ0n) is 12.3. The molecule has 4 nitrogen and oxygen atoms in total. The van der Waals surface area contributed by atoms with Crippen LogP contribution in [0.4, 0.5) is 0 Å². The van der Waals surface area contributed by atoms with Gasteiger partial charge in [0.05, 0.1) is 5.41 Å². The highest BCUT2D eigenvalue weighted by Gasteiger charge is 1.94. The van der Waals surface area contributed by atoms with Crippen LogP contribution in [0.25, 0.3) is 0 Å². The van der Waals surface area contributed by atoms with Crippen LogP contribution in [-0.2, 0) is 10.1 Å². The van der Waals surface area contributed by atoms with Crippen molar-refractivity contribution in [3.05, 3.63) is 11.5 Å². The Morgan fingerprint density at radius 3 is 1.68 bits per heavy atom. The van der Waals surface area contributed by atoms with Crippen LogP contribution in [0, 0.1) is 0 Å². The van der Waals surface area contributed by atoms with E-state index >= 15 is 0 Å². The lowest BCUT2D eigenvalue weighted by Crippen LogP contribution is -1.89. The lowest BCUT2D eigenvalue weighted by Gasteiger charge is -2.01. The van der Waals surface area contributed by atoms with E-state index in [1.165, 1.54) is 57.4 Å². The average molecular weight is 293 g/mol. The lowest BCUT2D eigenvalue weighted by molar-refractivity contribution is 0.494. The van der Waals surface area contributed by atoms with Crippen molar-refractivity contribution in [3.8, 4) is 0 Å². The van der Waals surface area contributed by atoms with E-state index in [0.29, 0.717) is 0 Å². The summed E-state index contributed by atoms with van der Waals surface area (Å²) in [6.07, 6.45) is 15.0. The molecule has 0 amide bonds. The van der Waals surface area contributed by atoms with E-state index in [0.717, 1.165) is 24.7 Å². The minimum atomic E-state index is -3.92. The summed E-state index contributed by atoms with van der Waals surface area (Å²) in [5, 5.41) is 0.876. The van der Waals surface area contributed by atoms with Gasteiger partial charge in [0.1, 0.15) is 0 Å². The minimum absolute atomic E-state index is 0. The molecule has 4 N–H and O–H groups in total. The van der Waals surface area contributed by atoms with E-state index in [1.807, 2.05) is 0 Å². The predicted molar refractivity (Wildman–Crippen MR) is 82.2 cm³/mol. The Morgan fingerprint density at radius 2 is 1.26 bits per heavy atom. The average Bonchev–Trinajstić information content (AvgIpc) is 2.29. The zero-order chi connectivity index (χ0) is 13.7. The molecular formula is C14H31NO3S. The number of rotatable bonds is 12. The summed E-state index contributed by atoms with van der Waals surface area (Å²) in [6.45, 7) is 2.23. The van der Waals surface area contributed by atoms with Gasteiger partial charge >= 0.3 is 0 Å². The lowest BCUT2D eigenvalue weighted by atomic mass is 10.1. The molecule has 0 saturated carbocycles. The molecule has 0 aliphatic rings. The first-order valence-corrected chi connectivity index (χ1v) is 8.70. The predicted octanol–water partition coefficient (Wildman–Crippen LogP) is 4.86. The third-order valence-corrected chi connectivity index (χ3v) is 3.53. The Labute approximate surface area is 119 Å². The van der Waals surface area contributed by atoms with Gasteiger partial charge in [0, 0.05) is 0 Å². The van der Waals surface area contributed by atoms with E-state index < -0.39 is 10.1 Å². The molecule has 116 valence electrons. The normalized spacial score (nSPS) is 11.7. The van der Waals surface area contributed by atoms with Gasteiger partial charge in [-0.3, -0.25) is 4.55 Å². The highest BCUT2D eigenvalue weighted by atomic mass is 32.2. The molecule has 0 radical (unpaired) electrons. The van der Waals surface area contributed by atoms with Gasteiger partial charge in [0.15, 0.2) is 0 Å². The molecular weight excluding hydrogens is 262 g/mol. The van der Waals surface area contributed by atoms with Crippen molar-refractivity contribution in [1.29, 1.82) is 0 Å². The Balaban J connectivity index is 0. The van der Waals surface area contributed by atoms with Crippen molar-refractivity contribution in [3.63, 3.8) is 0 Å². The molecule has 0 saturated heterocycles. The topological polar surface area (TPSA) is 89.4 Å². The minimum Gasteiger partial charge on any atom is -0.344 e. The van der Waals surface area contributed by atoms with Gasteiger partial charge in [-0.1, -0.05) is 70.8 Å². The van der Waals surface area contributed by atoms with E-state index in [4.69, 9.17) is 4.55 Å². The van der Waals surface area contributed by atoms with Crippen molar-refractivity contribution in [2.75, 3.05) is 0 Å². The fraction of sp³-hybridized carbons (Fsp3) is 0.857. The fourth-order valence-corrected chi connectivity index (χ4v) is 2.32. The van der Waals surface area contributed by atoms with Crippen LogP contribution in [0.15, 0.2) is 11.5 Å². The maximum absolute atomic E-state index is 10.4. The first kappa shape index (κ1) is 20.9. The van der Waals surface area contributed by atoms with Crippen LogP contribution in [0.1, 0.15) is 77.6 Å². The van der Waals surface area contributed by atoms with E-state index in [9.17, 15) is 8.42 Å². The molecule has 0 aromatic rings. The van der Waals surface area contributed by atoms with Crippen LogP contribution < -0.4 is 6.15 Å². The maximum atomic E-state index is 10.4. The first-order chi connectivity index (χ1) is 8.56. The molecule has 0 rings (SSSR count). The summed E-state index contributed by atoms with van der Waals surface area (Å²) < 4.78 is 29.2. The molecule has 0 atom stereocenters. The van der Waals surface area contributed by atoms with Crippen LogP contribution in [0.2, 0.25) is 0 Å². The fourth-order valence-electron chi connectivity index (χ4n) is 1.94. The summed E-state index contributed by atoms with van der Waals surface area (Å²) in [4.78, 5) is 0. The molecule has 5 heteroatoms. The van der Waals surface area contributed by atoms with Gasteiger partial charge < -0.3 is 6.15 Å². The van der Waals surface area contributed by atoms with Crippen molar-refractivity contribution >= 4 is 10.1 Å². The molecule has 0 heterocycles. The Bertz CT molecular complexity index is 300. The third kappa shape index (κ3) is 20.1. The van der Waals surface area contributed by atoms with Crippen molar-refractivity contribution in [1.82, 2.24) is 6.15 Å². The second kappa shape index (κ2) is 14.0. The van der Waals surface area contributed by atoms with Crippen LogP contribution in [0.3, 0.4) is 0 Å². The molecule has 0 aromatic heterocycles. The smallest absolute Gasteiger partial charge is 0.287 e. The van der Waals surface area contributed by atoms with Gasteiger partial charge in [-0.15, -0.1) is 0 Å². The third-order valence-electron chi connectivity index (χ3n) is 2.99. The first-order valence-electron chi connectivity index (χ1n) is 7.20. The van der Waals surface area contributed by atoms with E-state index in [2.05, 4.69) is 6.92 Å². The standard InChI is InChI=1S/C14H28O3S.H3N/c1-2-3-4-5-6-7-8-9-10-11-12-13-14-18(15,16)17;/h13-14H,2-12H2,1H3,(H,15,16,17);1H3. The number of unbranched alkanes of at least 4 members (excludes halogenated alkanes) is 10. The highest BCUT2D eigenvalue weighted by molar-refractivity contribution is 7.88. The Morgan fingerprint density at radius 1 is 0.842 bits per heavy atom. The Kier molecular flexibility index (Phi) is 15.4. The number of allylic oxidation sites excluding steroid dienone is 1. The quantitative estimate of drug-likeness (QED) is 0.397. The molecule has 0 aromatic carbocycles. The SMILES string of the molecule is CCCCCCCCCCCCC=CS(=O)(=O)O.N. The van der Waals surface area contributed by atoms with Crippen molar-refractivity contribution in [2.24, 2.45) is 0 Å². The van der Waals surface area contributed by atoms with Gasteiger partial charge in [0.25, 0.3) is 10.1 Å². The summed E-state index contributed by atoms with van der Waals surface area (Å²) in [7, 11) is -3.92. The number of hydrogen-bond acceptors (Lipinski definition) is 3. The van der Waals surface area contributed by atoms with Crippen LogP contribution >= 0.6 is 0 Å². The maximum Gasteiger partial charge on any atom is 0.287 e. The van der Waals surface area contributed by atoms with Crippen molar-refractivity contribution in [2.45, 2.75) is 77.6 Å². The molecule has 0 spiro atoms. The van der Waals surface area contributed by atoms with Gasteiger partial charge in [-0.25, -0.2) is 0 Å². The van der Waals surface area contributed by atoms with Crippen LogP contribution in [0.5, 0.6) is 0 Å². The van der Waals surface area contributed by atoms with Gasteiger partial charge in [-0.2, -0.15) is 8.42 Å². The molecule has 0 aliphatic carbocycles. The summed E-state index contributed by atoms with van der Waals surface area (Å²) >= 11 is 0. The van der Waals surface area contributed by atoms with Crippen molar-refractivity contribution < 1.29 is 13.0 Å². The molecule has 19 heavy (non-hydrogen) atoms. The van der Waals surface area contributed by atoms with E-state index in [1.54, 1.807) is 0 Å². The largest absolute Gasteiger partial charge is 0.344 e. The summed E-state index contributed by atoms with van der Waals surface area (Å²) in [5.41, 5.74) is 0. The molecule has 0 fully saturated rings. The molecule has 0 aliphatic heterocycles. The monoisotopic (exact) mass is 293 g/mol.